The van der Waals surface area contributed by atoms with Crippen LogP contribution < -0.4 is 5.32 Å². The van der Waals surface area contributed by atoms with E-state index in [-0.39, 0.29) is 5.97 Å². The summed E-state index contributed by atoms with van der Waals surface area (Å²) in [6.07, 6.45) is 4.02. The Kier molecular flexibility index (Phi) is 10.4. The Labute approximate surface area is 146 Å². The minimum Gasteiger partial charge on any atom is -0.464 e. The summed E-state index contributed by atoms with van der Waals surface area (Å²) in [6.45, 7) is 11.3. The van der Waals surface area contributed by atoms with Crippen molar-refractivity contribution in [1.29, 1.82) is 0 Å². The largest absolute Gasteiger partial charge is 0.464 e. The predicted molar refractivity (Wildman–Crippen MR) is 98.3 cm³/mol. The van der Waals surface area contributed by atoms with E-state index in [2.05, 4.69) is 25.2 Å². The second kappa shape index (κ2) is 12.0. The quantitative estimate of drug-likeness (QED) is 0.770. The molecular weight excluding hydrogens is 302 g/mol. The molecule has 0 bridgehead atoms. The van der Waals surface area contributed by atoms with Gasteiger partial charge in [0.25, 0.3) is 0 Å². The fourth-order valence-electron chi connectivity index (χ4n) is 2.96. The molecular formula is C20H33NO3. The number of carbonyl (C=O) groups excluding carboxylic acids is 1. The van der Waals surface area contributed by atoms with Crippen LogP contribution in [0, 0.1) is 0 Å². The molecule has 1 aliphatic heterocycles. The second-order valence-corrected chi connectivity index (χ2v) is 5.74. The van der Waals surface area contributed by atoms with Gasteiger partial charge in [-0.1, -0.05) is 32.0 Å². The number of carbonyl (C=O) groups is 1. The van der Waals surface area contributed by atoms with Crippen LogP contribution in [0.15, 0.2) is 18.2 Å². The summed E-state index contributed by atoms with van der Waals surface area (Å²) in [5.41, 5.74) is 3.42. The van der Waals surface area contributed by atoms with E-state index in [1.807, 2.05) is 26.0 Å². The van der Waals surface area contributed by atoms with Gasteiger partial charge in [-0.2, -0.15) is 0 Å². The summed E-state index contributed by atoms with van der Waals surface area (Å²) < 4.78 is 10.7. The molecule has 1 aliphatic rings. The summed E-state index contributed by atoms with van der Waals surface area (Å²) in [5.74, 6) is -0.299. The van der Waals surface area contributed by atoms with Crippen LogP contribution in [-0.4, -0.2) is 32.3 Å². The molecule has 1 atom stereocenters. The van der Waals surface area contributed by atoms with Gasteiger partial charge in [-0.15, -0.1) is 0 Å². The Morgan fingerprint density at radius 3 is 2.25 bits per heavy atom. The third-order valence-electron chi connectivity index (χ3n) is 4.12. The van der Waals surface area contributed by atoms with Gasteiger partial charge in [0, 0.05) is 6.61 Å². The standard InChI is InChI=1S/C16H24O3.C4H9N/c1-5-12-10-9-11-14(13(12)6-2)15(18-7-3)16(17)19-8-4;1-2-4-5-3-1/h9-11,15H,5-8H2,1-4H3;5H,1-4H2. The Morgan fingerprint density at radius 2 is 1.79 bits per heavy atom. The highest BCUT2D eigenvalue weighted by Gasteiger charge is 2.25. The van der Waals surface area contributed by atoms with E-state index in [4.69, 9.17) is 9.47 Å². The Bertz CT molecular complexity index is 476. The summed E-state index contributed by atoms with van der Waals surface area (Å²) in [6, 6.07) is 6.06. The molecule has 0 aromatic heterocycles. The molecule has 0 aliphatic carbocycles. The monoisotopic (exact) mass is 335 g/mol. The summed E-state index contributed by atoms with van der Waals surface area (Å²) in [7, 11) is 0. The molecule has 1 aromatic carbocycles. The van der Waals surface area contributed by atoms with Gasteiger partial charge in [0.15, 0.2) is 6.10 Å². The zero-order chi connectivity index (χ0) is 17.8. The molecule has 0 amide bonds. The number of ether oxygens (including phenoxy) is 2. The maximum atomic E-state index is 12.1. The predicted octanol–water partition coefficient (Wildman–Crippen LogP) is 3.82. The van der Waals surface area contributed by atoms with Crippen molar-refractivity contribution in [2.75, 3.05) is 26.3 Å². The van der Waals surface area contributed by atoms with E-state index >= 15 is 0 Å². The minimum absolute atomic E-state index is 0.299. The third kappa shape index (κ3) is 6.25. The van der Waals surface area contributed by atoms with Gasteiger partial charge >= 0.3 is 5.97 Å². The number of esters is 1. The van der Waals surface area contributed by atoms with E-state index in [0.29, 0.717) is 13.2 Å². The number of rotatable bonds is 7. The lowest BCUT2D eigenvalue weighted by Crippen LogP contribution is -2.21. The number of hydrogen-bond acceptors (Lipinski definition) is 4. The van der Waals surface area contributed by atoms with E-state index < -0.39 is 6.10 Å². The van der Waals surface area contributed by atoms with Gasteiger partial charge in [-0.25, -0.2) is 4.79 Å². The van der Waals surface area contributed by atoms with Crippen molar-refractivity contribution < 1.29 is 14.3 Å². The van der Waals surface area contributed by atoms with Crippen LogP contribution in [0.3, 0.4) is 0 Å². The number of benzene rings is 1. The third-order valence-corrected chi connectivity index (χ3v) is 4.12. The molecule has 1 N–H and O–H groups in total. The highest BCUT2D eigenvalue weighted by Crippen LogP contribution is 2.26. The first-order valence-corrected chi connectivity index (χ1v) is 9.29. The van der Waals surface area contributed by atoms with Crippen molar-refractivity contribution in [2.24, 2.45) is 0 Å². The van der Waals surface area contributed by atoms with Crippen LogP contribution in [0.4, 0.5) is 0 Å². The Balaban J connectivity index is 0.000000488. The highest BCUT2D eigenvalue weighted by molar-refractivity contribution is 5.77. The molecule has 1 fully saturated rings. The smallest absolute Gasteiger partial charge is 0.339 e. The lowest BCUT2D eigenvalue weighted by Gasteiger charge is -2.20. The maximum Gasteiger partial charge on any atom is 0.339 e. The minimum atomic E-state index is -0.605. The molecule has 1 heterocycles. The topological polar surface area (TPSA) is 47.6 Å². The Morgan fingerprint density at radius 1 is 1.08 bits per heavy atom. The summed E-state index contributed by atoms with van der Waals surface area (Å²) >= 11 is 0. The molecule has 24 heavy (non-hydrogen) atoms. The van der Waals surface area contributed by atoms with Gasteiger partial charge in [0.2, 0.25) is 0 Å². The summed E-state index contributed by atoms with van der Waals surface area (Å²) in [4.78, 5) is 12.1. The van der Waals surface area contributed by atoms with Crippen molar-refractivity contribution in [3.05, 3.63) is 34.9 Å². The van der Waals surface area contributed by atoms with Crippen LogP contribution >= 0.6 is 0 Å². The van der Waals surface area contributed by atoms with Crippen LogP contribution in [0.5, 0.6) is 0 Å². The van der Waals surface area contributed by atoms with Crippen molar-refractivity contribution in [3.63, 3.8) is 0 Å². The fraction of sp³-hybridized carbons (Fsp3) is 0.650. The van der Waals surface area contributed by atoms with Gasteiger partial charge in [0.1, 0.15) is 0 Å². The first-order chi connectivity index (χ1) is 11.7. The van der Waals surface area contributed by atoms with Gasteiger partial charge in [0.05, 0.1) is 6.61 Å². The number of aryl methyl sites for hydroxylation is 1. The average Bonchev–Trinajstić information content (AvgIpc) is 3.19. The second-order valence-electron chi connectivity index (χ2n) is 5.74. The zero-order valence-electron chi connectivity index (χ0n) is 15.7. The molecule has 0 saturated carbocycles. The van der Waals surface area contributed by atoms with Crippen LogP contribution in [0.1, 0.15) is 63.3 Å². The average molecular weight is 335 g/mol. The maximum absolute atomic E-state index is 12.1. The van der Waals surface area contributed by atoms with E-state index in [9.17, 15) is 4.79 Å². The van der Waals surface area contributed by atoms with Crippen molar-refractivity contribution >= 4 is 5.97 Å². The van der Waals surface area contributed by atoms with Crippen molar-refractivity contribution in [2.45, 2.75) is 59.5 Å². The normalized spacial score (nSPS) is 14.7. The molecule has 2 rings (SSSR count). The van der Waals surface area contributed by atoms with E-state index in [1.54, 1.807) is 0 Å². The fourth-order valence-corrected chi connectivity index (χ4v) is 2.96. The van der Waals surface area contributed by atoms with Crippen molar-refractivity contribution in [3.8, 4) is 0 Å². The first kappa shape index (κ1) is 20.7. The van der Waals surface area contributed by atoms with Crippen molar-refractivity contribution in [1.82, 2.24) is 5.32 Å². The number of hydrogen-bond donors (Lipinski definition) is 1. The lowest BCUT2D eigenvalue weighted by molar-refractivity contribution is -0.157. The van der Waals surface area contributed by atoms with Gasteiger partial charge < -0.3 is 14.8 Å². The van der Waals surface area contributed by atoms with Crippen LogP contribution in [0.2, 0.25) is 0 Å². The molecule has 4 heteroatoms. The van der Waals surface area contributed by atoms with Gasteiger partial charge in [-0.3, -0.25) is 0 Å². The molecule has 0 spiro atoms. The molecule has 1 saturated heterocycles. The molecule has 1 aromatic rings. The summed E-state index contributed by atoms with van der Waals surface area (Å²) in [5, 5.41) is 3.22. The lowest BCUT2D eigenvalue weighted by atomic mass is 9.94. The SMILES string of the molecule is C1CCNC1.CCOC(=O)C(OCC)c1cccc(CC)c1CC. The molecule has 4 nitrogen and oxygen atoms in total. The molecule has 136 valence electrons. The first-order valence-electron chi connectivity index (χ1n) is 9.29. The van der Waals surface area contributed by atoms with E-state index in [1.165, 1.54) is 37.1 Å². The zero-order valence-corrected chi connectivity index (χ0v) is 15.7. The number of nitrogens with one attached hydrogen (secondary N) is 1. The van der Waals surface area contributed by atoms with Gasteiger partial charge in [-0.05, 0) is 69.3 Å². The molecule has 0 radical (unpaired) electrons. The van der Waals surface area contributed by atoms with Crippen LogP contribution in [0.25, 0.3) is 0 Å². The van der Waals surface area contributed by atoms with E-state index in [0.717, 1.165) is 18.4 Å². The Hall–Kier alpha value is -1.39. The molecule has 1 unspecified atom stereocenters. The highest BCUT2D eigenvalue weighted by atomic mass is 16.6. The van der Waals surface area contributed by atoms with Crippen LogP contribution in [-0.2, 0) is 27.1 Å².